The van der Waals surface area contributed by atoms with Gasteiger partial charge in [-0.05, 0) is 23.3 Å². The van der Waals surface area contributed by atoms with Gasteiger partial charge in [0, 0.05) is 6.42 Å². The van der Waals surface area contributed by atoms with Crippen LogP contribution in [0.5, 0.6) is 11.5 Å². The third-order valence-electron chi connectivity index (χ3n) is 3.13. The second kappa shape index (κ2) is 9.20. The van der Waals surface area contributed by atoms with Gasteiger partial charge in [-0.3, -0.25) is 9.11 Å². The Labute approximate surface area is 166 Å². The lowest BCUT2D eigenvalue weighted by atomic mass is 10.0. The summed E-state index contributed by atoms with van der Waals surface area (Å²) in [5.74, 6) is 1.98. The predicted octanol–water partition coefficient (Wildman–Crippen LogP) is 4.17. The van der Waals surface area contributed by atoms with E-state index in [0.29, 0.717) is 0 Å². The molecule has 2 aromatic carbocycles. The van der Waals surface area contributed by atoms with Crippen LogP contribution in [0.3, 0.4) is 0 Å². The monoisotopic (exact) mass is 482 g/mol. The maximum atomic E-state index is 10.7. The van der Waals surface area contributed by atoms with Crippen LogP contribution in [0.1, 0.15) is 11.1 Å². The molecule has 0 amide bonds. The van der Waals surface area contributed by atoms with E-state index in [0.717, 1.165) is 17.9 Å². The molecule has 0 saturated carbocycles. The van der Waals surface area contributed by atoms with Gasteiger partial charge in [0.25, 0.3) is 0 Å². The van der Waals surface area contributed by atoms with Gasteiger partial charge in [-0.15, -0.1) is 0 Å². The second-order valence-electron chi connectivity index (χ2n) is 5.34. The highest BCUT2D eigenvalue weighted by atomic mass is 32.2. The predicted molar refractivity (Wildman–Crippen MR) is 91.0 cm³/mol. The van der Waals surface area contributed by atoms with Gasteiger partial charge >= 0.3 is 31.3 Å². The van der Waals surface area contributed by atoms with Crippen molar-refractivity contribution in [1.82, 2.24) is 0 Å². The molecule has 0 aliphatic carbocycles. The van der Waals surface area contributed by atoms with Crippen molar-refractivity contribution in [2.24, 2.45) is 0 Å². The van der Waals surface area contributed by atoms with Gasteiger partial charge in [0.1, 0.15) is 11.5 Å². The first kappa shape index (κ1) is 25.7. The molecule has 15 heteroatoms. The van der Waals surface area contributed by atoms with E-state index in [1.54, 1.807) is 0 Å². The molecule has 0 bridgehead atoms. The summed E-state index contributed by atoms with van der Waals surface area (Å²) in [6.45, 7) is 0. The molecule has 3 rings (SSSR count). The minimum atomic E-state index is -5.84. The summed E-state index contributed by atoms with van der Waals surface area (Å²) in [6, 6.07) is 16.4. The van der Waals surface area contributed by atoms with Crippen LogP contribution < -0.4 is 4.74 Å². The fourth-order valence-corrected chi connectivity index (χ4v) is 1.82. The number of alkyl halides is 6. The van der Waals surface area contributed by atoms with Crippen molar-refractivity contribution in [2.45, 2.75) is 17.4 Å². The number of ether oxygens (including phenoxy) is 1. The molecule has 0 aromatic heterocycles. The topological polar surface area (TPSA) is 118 Å². The lowest BCUT2D eigenvalue weighted by Crippen LogP contribution is -2.21. The van der Waals surface area contributed by atoms with E-state index in [1.807, 2.05) is 24.3 Å². The van der Waals surface area contributed by atoms with E-state index in [-0.39, 0.29) is 0 Å². The highest BCUT2D eigenvalue weighted by Gasteiger charge is 2.45. The second-order valence-corrected chi connectivity index (χ2v) is 8.16. The van der Waals surface area contributed by atoms with Gasteiger partial charge in [0.05, 0.1) is 0 Å². The van der Waals surface area contributed by atoms with Gasteiger partial charge in [0.15, 0.2) is 0 Å². The number of halogens is 6. The summed E-state index contributed by atoms with van der Waals surface area (Å²) in [4.78, 5) is 0. The van der Waals surface area contributed by atoms with Crippen molar-refractivity contribution in [3.05, 3.63) is 59.7 Å². The lowest BCUT2D eigenvalue weighted by Gasteiger charge is -2.19. The molecule has 0 atom stereocenters. The molecule has 0 radical (unpaired) electrons. The first-order chi connectivity index (χ1) is 13.4. The maximum absolute atomic E-state index is 10.7. The summed E-state index contributed by atoms with van der Waals surface area (Å²) in [5, 5.41) is 0. The van der Waals surface area contributed by atoms with Gasteiger partial charge in [-0.2, -0.15) is 43.2 Å². The summed E-state index contributed by atoms with van der Waals surface area (Å²) in [7, 11) is -11.7. The van der Waals surface area contributed by atoms with E-state index < -0.39 is 31.3 Å². The Morgan fingerprint density at radius 1 is 0.667 bits per heavy atom. The molecule has 0 saturated heterocycles. The Bertz CT molecular complexity index is 948. The molecule has 0 spiro atoms. The van der Waals surface area contributed by atoms with E-state index in [4.69, 9.17) is 30.7 Å². The Morgan fingerprint density at radius 2 is 0.933 bits per heavy atom. The Morgan fingerprint density at radius 3 is 1.20 bits per heavy atom. The molecule has 30 heavy (non-hydrogen) atoms. The minimum Gasteiger partial charge on any atom is -0.457 e. The van der Waals surface area contributed by atoms with E-state index >= 15 is 0 Å². The smallest absolute Gasteiger partial charge is 0.457 e. The van der Waals surface area contributed by atoms with Gasteiger partial charge < -0.3 is 4.74 Å². The Kier molecular flexibility index (Phi) is 7.87. The fourth-order valence-electron chi connectivity index (χ4n) is 1.82. The summed E-state index contributed by atoms with van der Waals surface area (Å²) in [6.07, 6.45) is 0.979. The zero-order valence-corrected chi connectivity index (χ0v) is 16.0. The number of benzene rings is 2. The zero-order valence-electron chi connectivity index (χ0n) is 14.3. The Hall–Kier alpha value is -2.36. The van der Waals surface area contributed by atoms with Crippen LogP contribution in [0.25, 0.3) is 0 Å². The summed E-state index contributed by atoms with van der Waals surface area (Å²) in [5.41, 5.74) is -8.53. The molecular weight excluding hydrogens is 470 g/mol. The lowest BCUT2D eigenvalue weighted by molar-refractivity contribution is -0.0514. The molecule has 1 aliphatic heterocycles. The molecule has 2 aromatic rings. The molecular formula is C15H12F6O7S2. The molecule has 7 nitrogen and oxygen atoms in total. The van der Waals surface area contributed by atoms with Crippen molar-refractivity contribution in [1.29, 1.82) is 0 Å². The third kappa shape index (κ3) is 7.47. The summed E-state index contributed by atoms with van der Waals surface area (Å²) >= 11 is 0. The van der Waals surface area contributed by atoms with Crippen molar-refractivity contribution < 1.29 is 57.0 Å². The van der Waals surface area contributed by atoms with Crippen molar-refractivity contribution in [2.75, 3.05) is 0 Å². The van der Waals surface area contributed by atoms with Gasteiger partial charge in [-0.1, -0.05) is 36.4 Å². The van der Waals surface area contributed by atoms with Crippen LogP contribution in [0, 0.1) is 0 Å². The highest BCUT2D eigenvalue weighted by Crippen LogP contribution is 2.35. The molecule has 168 valence electrons. The van der Waals surface area contributed by atoms with Crippen molar-refractivity contribution >= 4 is 20.2 Å². The third-order valence-corrected chi connectivity index (χ3v) is 4.30. The number of para-hydroxylation sites is 2. The van der Waals surface area contributed by atoms with Crippen LogP contribution in [0.2, 0.25) is 0 Å². The van der Waals surface area contributed by atoms with E-state index in [9.17, 15) is 26.3 Å². The molecule has 0 unspecified atom stereocenters. The van der Waals surface area contributed by atoms with Crippen LogP contribution in [0.4, 0.5) is 26.3 Å². The first-order valence-corrected chi connectivity index (χ1v) is 10.2. The standard InChI is InChI=1S/C13H10O.2CHF3O3S/c1-3-7-12-10(5-1)9-11-6-2-4-8-13(11)14-12;2*2-1(3,4)8(5,6)7/h1-8H,9H2;2*(H,5,6,7). The molecule has 0 fully saturated rings. The number of hydrogen-bond donors (Lipinski definition) is 2. The number of hydrogen-bond acceptors (Lipinski definition) is 5. The van der Waals surface area contributed by atoms with E-state index in [1.165, 1.54) is 11.1 Å². The fraction of sp³-hybridized carbons (Fsp3) is 0.200. The van der Waals surface area contributed by atoms with Gasteiger partial charge in [-0.25, -0.2) is 0 Å². The highest BCUT2D eigenvalue weighted by molar-refractivity contribution is 7.86. The first-order valence-electron chi connectivity index (χ1n) is 7.34. The maximum Gasteiger partial charge on any atom is 0.522 e. The zero-order chi connectivity index (χ0) is 23.4. The van der Waals surface area contributed by atoms with Crippen LogP contribution in [-0.4, -0.2) is 37.0 Å². The van der Waals surface area contributed by atoms with Gasteiger partial charge in [0.2, 0.25) is 0 Å². The molecule has 1 aliphatic rings. The van der Waals surface area contributed by atoms with Crippen molar-refractivity contribution in [3.63, 3.8) is 0 Å². The molecule has 2 N–H and O–H groups in total. The summed E-state index contributed by atoms with van der Waals surface area (Å²) < 4.78 is 121. The SMILES string of the molecule is O=S(=O)(O)C(F)(F)F.O=S(=O)(O)C(F)(F)F.c1ccc2c(c1)Cc1ccccc1O2. The average molecular weight is 482 g/mol. The largest absolute Gasteiger partial charge is 0.522 e. The van der Waals surface area contributed by atoms with Crippen LogP contribution >= 0.6 is 0 Å². The van der Waals surface area contributed by atoms with E-state index in [2.05, 4.69) is 24.3 Å². The van der Waals surface area contributed by atoms with Crippen LogP contribution in [-0.2, 0) is 26.7 Å². The minimum absolute atomic E-state index is 0.979. The van der Waals surface area contributed by atoms with Crippen LogP contribution in [0.15, 0.2) is 48.5 Å². The number of fused-ring (bicyclic) bond motifs is 2. The normalized spacial score (nSPS) is 13.3. The average Bonchev–Trinajstić information content (AvgIpc) is 2.57. The quantitative estimate of drug-likeness (QED) is 0.281. The number of rotatable bonds is 0. The van der Waals surface area contributed by atoms with Crippen molar-refractivity contribution in [3.8, 4) is 11.5 Å². The Balaban J connectivity index is 0.000000245. The molecule has 1 heterocycles.